The molecule has 0 radical (unpaired) electrons. The lowest BCUT2D eigenvalue weighted by molar-refractivity contribution is -0.0839. The molecule has 1 aromatic carbocycles. The number of hydrogen-bond donors (Lipinski definition) is 1. The van der Waals surface area contributed by atoms with Gasteiger partial charge in [-0.1, -0.05) is 30.0 Å². The molecule has 3 rings (SSSR count). The van der Waals surface area contributed by atoms with Crippen molar-refractivity contribution in [1.29, 1.82) is 0 Å². The summed E-state index contributed by atoms with van der Waals surface area (Å²) in [6, 6.07) is 8.33. The van der Waals surface area contributed by atoms with Crippen LogP contribution in [0, 0.1) is 0 Å². The number of halogens is 3. The van der Waals surface area contributed by atoms with Crippen molar-refractivity contribution < 1.29 is 27.4 Å². The van der Waals surface area contributed by atoms with E-state index in [1.165, 1.54) is 25.2 Å². The molecule has 2 aromatic rings. The van der Waals surface area contributed by atoms with Crippen LogP contribution < -0.4 is 19.9 Å². The molecule has 0 saturated heterocycles. The standard InChI is InChI=1S/C17H17F3N4O3S/c1-25-13-7-14(26-2)23-16(22-13)27-11-6-4-3-5-10(11)8-24-9-12(17(18,19)20)28-15(24)21/h3-7,9,15H,8,21H2,1-2H3. The Morgan fingerprint density at radius 3 is 2.36 bits per heavy atom. The highest BCUT2D eigenvalue weighted by molar-refractivity contribution is 8.03. The van der Waals surface area contributed by atoms with Crippen LogP contribution in [-0.4, -0.2) is 40.8 Å². The second-order valence-electron chi connectivity index (χ2n) is 5.62. The molecule has 2 heterocycles. The predicted octanol–water partition coefficient (Wildman–Crippen LogP) is 3.48. The number of nitrogens with zero attached hydrogens (tertiary/aromatic N) is 3. The molecule has 0 amide bonds. The van der Waals surface area contributed by atoms with E-state index in [4.69, 9.17) is 19.9 Å². The number of nitrogens with two attached hydrogens (primary N) is 1. The number of alkyl halides is 3. The summed E-state index contributed by atoms with van der Waals surface area (Å²) in [5.41, 5.74) is 5.60. The summed E-state index contributed by atoms with van der Waals surface area (Å²) in [4.78, 5) is 8.83. The summed E-state index contributed by atoms with van der Waals surface area (Å²) < 4.78 is 54.6. The fraction of sp³-hybridized carbons (Fsp3) is 0.294. The summed E-state index contributed by atoms with van der Waals surface area (Å²) in [7, 11) is 2.88. The zero-order chi connectivity index (χ0) is 20.3. The third-order valence-electron chi connectivity index (χ3n) is 3.74. The number of hydrogen-bond acceptors (Lipinski definition) is 8. The van der Waals surface area contributed by atoms with Gasteiger partial charge in [-0.05, 0) is 6.07 Å². The van der Waals surface area contributed by atoms with Gasteiger partial charge in [0.1, 0.15) is 16.2 Å². The summed E-state index contributed by atoms with van der Waals surface area (Å²) >= 11 is 0.561. The van der Waals surface area contributed by atoms with E-state index in [1.807, 2.05) is 0 Å². The molecule has 1 atom stereocenters. The van der Waals surface area contributed by atoms with Gasteiger partial charge in [-0.3, -0.25) is 0 Å². The molecule has 7 nitrogen and oxygen atoms in total. The second-order valence-corrected chi connectivity index (χ2v) is 6.78. The van der Waals surface area contributed by atoms with Crippen LogP contribution in [0.3, 0.4) is 0 Å². The van der Waals surface area contributed by atoms with Gasteiger partial charge in [0, 0.05) is 18.3 Å². The summed E-state index contributed by atoms with van der Waals surface area (Å²) in [6.07, 6.45) is -3.42. The number of methoxy groups -OCH3 is 2. The van der Waals surface area contributed by atoms with Crippen LogP contribution in [0.25, 0.3) is 0 Å². The smallest absolute Gasteiger partial charge is 0.423 e. The number of benzene rings is 1. The first kappa shape index (κ1) is 20.1. The van der Waals surface area contributed by atoms with E-state index in [-0.39, 0.29) is 24.3 Å². The van der Waals surface area contributed by atoms with Gasteiger partial charge in [0.05, 0.1) is 20.3 Å². The lowest BCUT2D eigenvalue weighted by atomic mass is 10.2. The van der Waals surface area contributed by atoms with E-state index in [1.54, 1.807) is 24.3 Å². The average Bonchev–Trinajstić information content (AvgIpc) is 3.04. The third kappa shape index (κ3) is 4.60. The lowest BCUT2D eigenvalue weighted by Gasteiger charge is -2.22. The fourth-order valence-electron chi connectivity index (χ4n) is 2.40. The van der Waals surface area contributed by atoms with Crippen molar-refractivity contribution in [2.24, 2.45) is 5.73 Å². The Hall–Kier alpha value is -2.66. The molecule has 150 valence electrons. The predicted molar refractivity (Wildman–Crippen MR) is 96.9 cm³/mol. The van der Waals surface area contributed by atoms with Crippen LogP contribution in [-0.2, 0) is 6.54 Å². The SMILES string of the molecule is COc1cc(OC)nc(Oc2ccccc2CN2C=C(C(F)(F)F)SC2N)n1. The molecule has 0 aliphatic carbocycles. The molecule has 0 spiro atoms. The van der Waals surface area contributed by atoms with Crippen LogP contribution in [0.4, 0.5) is 13.2 Å². The summed E-state index contributed by atoms with van der Waals surface area (Å²) in [6.45, 7) is 0.116. The number of thioether (sulfide) groups is 1. The molecular weight excluding hydrogens is 397 g/mol. The minimum Gasteiger partial charge on any atom is -0.481 e. The van der Waals surface area contributed by atoms with Crippen molar-refractivity contribution in [1.82, 2.24) is 14.9 Å². The first-order valence-electron chi connectivity index (χ1n) is 8.00. The minimum absolute atomic E-state index is 0.0183. The van der Waals surface area contributed by atoms with Gasteiger partial charge in [0.2, 0.25) is 11.8 Å². The lowest BCUT2D eigenvalue weighted by Crippen LogP contribution is -2.31. The van der Waals surface area contributed by atoms with Crippen molar-refractivity contribution >= 4 is 11.8 Å². The van der Waals surface area contributed by atoms with Crippen molar-refractivity contribution in [2.45, 2.75) is 18.2 Å². The van der Waals surface area contributed by atoms with Crippen LogP contribution in [0.1, 0.15) is 5.56 Å². The molecule has 0 bridgehead atoms. The number of ether oxygens (including phenoxy) is 3. The Balaban J connectivity index is 1.84. The highest BCUT2D eigenvalue weighted by Crippen LogP contribution is 2.42. The average molecular weight is 414 g/mol. The number of allylic oxidation sites excluding steroid dienone is 1. The van der Waals surface area contributed by atoms with Gasteiger partial charge in [-0.15, -0.1) is 0 Å². The number of para-hydroxylation sites is 1. The summed E-state index contributed by atoms with van der Waals surface area (Å²) in [5, 5.41) is 0. The maximum Gasteiger partial charge on any atom is 0.423 e. The third-order valence-corrected chi connectivity index (χ3v) is 4.84. The second kappa shape index (κ2) is 8.15. The quantitative estimate of drug-likeness (QED) is 0.769. The molecule has 0 saturated carbocycles. The van der Waals surface area contributed by atoms with E-state index in [2.05, 4.69) is 9.97 Å². The van der Waals surface area contributed by atoms with Crippen molar-refractivity contribution in [2.75, 3.05) is 14.2 Å². The zero-order valence-corrected chi connectivity index (χ0v) is 15.8. The van der Waals surface area contributed by atoms with Gasteiger partial charge in [-0.25, -0.2) is 0 Å². The molecule has 1 aliphatic heterocycles. The maximum atomic E-state index is 12.9. The molecule has 1 aromatic heterocycles. The van der Waals surface area contributed by atoms with Crippen LogP contribution in [0.15, 0.2) is 41.4 Å². The highest BCUT2D eigenvalue weighted by Gasteiger charge is 2.40. The van der Waals surface area contributed by atoms with Gasteiger partial charge in [-0.2, -0.15) is 23.1 Å². The van der Waals surface area contributed by atoms with Gasteiger partial charge < -0.3 is 24.8 Å². The maximum absolute atomic E-state index is 12.9. The molecule has 2 N–H and O–H groups in total. The van der Waals surface area contributed by atoms with Crippen LogP contribution in [0.2, 0.25) is 0 Å². The molecular formula is C17H17F3N4O3S. The largest absolute Gasteiger partial charge is 0.481 e. The van der Waals surface area contributed by atoms with Crippen LogP contribution >= 0.6 is 11.8 Å². The Morgan fingerprint density at radius 2 is 1.79 bits per heavy atom. The monoisotopic (exact) mass is 414 g/mol. The topological polar surface area (TPSA) is 82.7 Å². The molecule has 1 aliphatic rings. The van der Waals surface area contributed by atoms with E-state index in [0.29, 0.717) is 23.1 Å². The van der Waals surface area contributed by atoms with Crippen molar-refractivity contribution in [3.05, 3.63) is 47.0 Å². The minimum atomic E-state index is -4.43. The molecule has 11 heteroatoms. The van der Waals surface area contributed by atoms with Crippen molar-refractivity contribution in [3.8, 4) is 23.5 Å². The molecule has 1 unspecified atom stereocenters. The molecule has 0 fully saturated rings. The Labute approximate surface area is 163 Å². The number of rotatable bonds is 6. The van der Waals surface area contributed by atoms with Gasteiger partial charge in [0.25, 0.3) is 0 Å². The Morgan fingerprint density at radius 1 is 1.14 bits per heavy atom. The van der Waals surface area contributed by atoms with E-state index < -0.39 is 16.6 Å². The normalized spacial score (nSPS) is 16.7. The summed E-state index contributed by atoms with van der Waals surface area (Å²) in [5.74, 6) is 0.869. The highest BCUT2D eigenvalue weighted by atomic mass is 32.2. The Kier molecular flexibility index (Phi) is 5.84. The van der Waals surface area contributed by atoms with Gasteiger partial charge in [0.15, 0.2) is 0 Å². The van der Waals surface area contributed by atoms with E-state index in [9.17, 15) is 13.2 Å². The van der Waals surface area contributed by atoms with E-state index >= 15 is 0 Å². The fourth-order valence-corrected chi connectivity index (χ4v) is 3.26. The van der Waals surface area contributed by atoms with Crippen LogP contribution in [0.5, 0.6) is 23.5 Å². The molecule has 28 heavy (non-hydrogen) atoms. The van der Waals surface area contributed by atoms with Crippen molar-refractivity contribution in [3.63, 3.8) is 0 Å². The van der Waals surface area contributed by atoms with E-state index in [0.717, 1.165) is 6.20 Å². The number of aromatic nitrogens is 2. The first-order chi connectivity index (χ1) is 13.3. The Bertz CT molecular complexity index is 857. The zero-order valence-electron chi connectivity index (χ0n) is 14.9. The first-order valence-corrected chi connectivity index (χ1v) is 8.88. The van der Waals surface area contributed by atoms with Gasteiger partial charge >= 0.3 is 12.2 Å².